The van der Waals surface area contributed by atoms with Crippen LogP contribution in [0.2, 0.25) is 0 Å². The van der Waals surface area contributed by atoms with Crippen molar-refractivity contribution < 1.29 is 24.2 Å². The topological polar surface area (TPSA) is 72.8 Å². The van der Waals surface area contributed by atoms with Crippen LogP contribution in [0, 0.1) is 0 Å². The van der Waals surface area contributed by atoms with Gasteiger partial charge in [0.15, 0.2) is 5.78 Å². The van der Waals surface area contributed by atoms with E-state index in [0.29, 0.717) is 34.8 Å². The zero-order valence-electron chi connectivity index (χ0n) is 21.1. The molecule has 0 spiro atoms. The van der Waals surface area contributed by atoms with Gasteiger partial charge in [0.25, 0.3) is 0 Å². The highest BCUT2D eigenvalue weighted by molar-refractivity contribution is 6.09. The Bertz CT molecular complexity index is 1540. The summed E-state index contributed by atoms with van der Waals surface area (Å²) in [6, 6.07) is 40.6. The highest BCUT2D eigenvalue weighted by Gasteiger charge is 2.21. The van der Waals surface area contributed by atoms with Crippen LogP contribution in [0.1, 0.15) is 33.2 Å². The number of carbonyl (C=O) groups excluding carboxylic acids is 1. The van der Waals surface area contributed by atoms with Gasteiger partial charge in [0.2, 0.25) is 6.10 Å². The minimum absolute atomic E-state index is 0.0413. The van der Waals surface area contributed by atoms with E-state index in [4.69, 9.17) is 9.47 Å². The third-order valence-corrected chi connectivity index (χ3v) is 6.26. The summed E-state index contributed by atoms with van der Waals surface area (Å²) >= 11 is 0. The van der Waals surface area contributed by atoms with Gasteiger partial charge < -0.3 is 14.6 Å². The number of carboxylic acid groups (broad SMARTS) is 1. The van der Waals surface area contributed by atoms with Crippen molar-refractivity contribution in [2.24, 2.45) is 0 Å². The average molecular weight is 515 g/mol. The van der Waals surface area contributed by atoms with Gasteiger partial charge in [-0.2, -0.15) is 0 Å². The summed E-state index contributed by atoms with van der Waals surface area (Å²) in [4.78, 5) is 24.4. The first-order valence-electron chi connectivity index (χ1n) is 12.5. The van der Waals surface area contributed by atoms with Gasteiger partial charge in [-0.15, -0.1) is 0 Å². The molecule has 5 heteroatoms. The summed E-state index contributed by atoms with van der Waals surface area (Å²) in [5.41, 5.74) is 4.79. The first-order chi connectivity index (χ1) is 19.1. The molecule has 0 saturated carbocycles. The number of hydrogen-bond acceptors (Lipinski definition) is 4. The molecular formula is C34H26O5. The first kappa shape index (κ1) is 25.5. The molecule has 5 aromatic rings. The van der Waals surface area contributed by atoms with Gasteiger partial charge in [-0.1, -0.05) is 109 Å². The fourth-order valence-corrected chi connectivity index (χ4v) is 4.19. The molecule has 0 fully saturated rings. The van der Waals surface area contributed by atoms with Gasteiger partial charge in [0.05, 0.1) is 0 Å². The van der Waals surface area contributed by atoms with E-state index in [0.717, 1.165) is 16.7 Å². The lowest BCUT2D eigenvalue weighted by atomic mass is 10.0. The maximum atomic E-state index is 12.7. The van der Waals surface area contributed by atoms with E-state index in [-0.39, 0.29) is 5.78 Å². The first-order valence-corrected chi connectivity index (χ1v) is 12.5. The molecule has 0 amide bonds. The molecule has 1 unspecified atom stereocenters. The molecule has 0 aliphatic carbocycles. The molecule has 0 bridgehead atoms. The minimum atomic E-state index is -1.08. The molecule has 0 saturated heterocycles. The van der Waals surface area contributed by atoms with Crippen molar-refractivity contribution in [1.29, 1.82) is 0 Å². The normalized spacial score (nSPS) is 11.4. The van der Waals surface area contributed by atoms with E-state index in [9.17, 15) is 14.7 Å². The fraction of sp³-hybridized carbons (Fsp3) is 0.0588. The highest BCUT2D eigenvalue weighted by atomic mass is 16.5. The van der Waals surface area contributed by atoms with Gasteiger partial charge in [0.1, 0.15) is 18.1 Å². The Morgan fingerprint density at radius 3 is 1.85 bits per heavy atom. The molecule has 5 nitrogen and oxygen atoms in total. The number of carbonyl (C=O) groups is 2. The van der Waals surface area contributed by atoms with Crippen LogP contribution in [-0.2, 0) is 11.4 Å². The molecule has 1 atom stereocenters. The monoisotopic (exact) mass is 514 g/mol. The van der Waals surface area contributed by atoms with Crippen molar-refractivity contribution in [1.82, 2.24) is 0 Å². The predicted octanol–water partition coefficient (Wildman–Crippen LogP) is 7.37. The molecule has 0 aliphatic rings. The Morgan fingerprint density at radius 2 is 1.21 bits per heavy atom. The lowest BCUT2D eigenvalue weighted by molar-refractivity contribution is -0.145. The Balaban J connectivity index is 1.20. The van der Waals surface area contributed by atoms with Gasteiger partial charge in [-0.25, -0.2) is 4.79 Å². The van der Waals surface area contributed by atoms with E-state index in [2.05, 4.69) is 0 Å². The molecule has 0 aliphatic heterocycles. The minimum Gasteiger partial charge on any atom is -0.489 e. The zero-order valence-corrected chi connectivity index (χ0v) is 21.1. The SMILES string of the molecule is O=C(c1ccccc1)c1cccc(OCc2ccc(-c3ccc(OC(C(=O)O)c4ccccc4)cc3)cc2)c1. The van der Waals surface area contributed by atoms with E-state index in [1.54, 1.807) is 60.7 Å². The standard InChI is InChI=1S/C34H26O5/c35-32(27-8-3-1-4-9-27)29-12-7-13-31(22-29)38-23-24-14-16-25(17-15-24)26-18-20-30(21-19-26)39-33(34(36)37)28-10-5-2-6-11-28/h1-22,33H,23H2,(H,36,37). The summed E-state index contributed by atoms with van der Waals surface area (Å²) < 4.78 is 11.7. The van der Waals surface area contributed by atoms with Crippen LogP contribution in [0.3, 0.4) is 0 Å². The van der Waals surface area contributed by atoms with Crippen molar-refractivity contribution in [2.75, 3.05) is 0 Å². The molecule has 0 heterocycles. The Labute approximate surface area is 226 Å². The largest absolute Gasteiger partial charge is 0.489 e. The average Bonchev–Trinajstić information content (AvgIpc) is 3.00. The predicted molar refractivity (Wildman–Crippen MR) is 150 cm³/mol. The zero-order chi connectivity index (χ0) is 27.0. The van der Waals surface area contributed by atoms with Crippen molar-refractivity contribution in [3.05, 3.63) is 156 Å². The molecular weight excluding hydrogens is 488 g/mol. The number of rotatable bonds is 10. The van der Waals surface area contributed by atoms with Gasteiger partial charge >= 0.3 is 5.97 Å². The lowest BCUT2D eigenvalue weighted by Crippen LogP contribution is -2.18. The fourth-order valence-electron chi connectivity index (χ4n) is 4.19. The van der Waals surface area contributed by atoms with Gasteiger partial charge in [0, 0.05) is 16.7 Å². The van der Waals surface area contributed by atoms with E-state index in [1.165, 1.54) is 0 Å². The molecule has 1 N–H and O–H groups in total. The quantitative estimate of drug-likeness (QED) is 0.197. The molecule has 5 rings (SSSR count). The number of ketones is 1. The van der Waals surface area contributed by atoms with Crippen molar-refractivity contribution in [2.45, 2.75) is 12.7 Å². The Hall–Kier alpha value is -5.16. The molecule has 192 valence electrons. The third kappa shape index (κ3) is 6.40. The Morgan fingerprint density at radius 1 is 0.615 bits per heavy atom. The maximum Gasteiger partial charge on any atom is 0.349 e. The summed E-state index contributed by atoms with van der Waals surface area (Å²) in [7, 11) is 0. The van der Waals surface area contributed by atoms with E-state index < -0.39 is 12.1 Å². The van der Waals surface area contributed by atoms with Crippen LogP contribution in [0.25, 0.3) is 11.1 Å². The second-order valence-corrected chi connectivity index (χ2v) is 8.98. The van der Waals surface area contributed by atoms with E-state index >= 15 is 0 Å². The van der Waals surface area contributed by atoms with Crippen LogP contribution < -0.4 is 9.47 Å². The summed E-state index contributed by atoms with van der Waals surface area (Å²) in [5.74, 6) is 0.0255. The second kappa shape index (κ2) is 11.9. The van der Waals surface area contributed by atoms with E-state index in [1.807, 2.05) is 72.8 Å². The molecule has 0 aromatic heterocycles. The second-order valence-electron chi connectivity index (χ2n) is 8.98. The highest BCUT2D eigenvalue weighted by Crippen LogP contribution is 2.27. The summed E-state index contributed by atoms with van der Waals surface area (Å²) in [6.45, 7) is 0.367. The van der Waals surface area contributed by atoms with Crippen LogP contribution in [0.5, 0.6) is 11.5 Å². The number of ether oxygens (including phenoxy) is 2. The maximum absolute atomic E-state index is 12.7. The third-order valence-electron chi connectivity index (χ3n) is 6.26. The number of hydrogen-bond donors (Lipinski definition) is 1. The smallest absolute Gasteiger partial charge is 0.349 e. The number of carboxylic acids is 1. The Kier molecular flexibility index (Phi) is 7.79. The number of benzene rings is 5. The molecule has 39 heavy (non-hydrogen) atoms. The van der Waals surface area contributed by atoms with Crippen LogP contribution in [-0.4, -0.2) is 16.9 Å². The summed E-state index contributed by atoms with van der Waals surface area (Å²) in [6.07, 6.45) is -1.08. The van der Waals surface area contributed by atoms with Crippen LogP contribution in [0.15, 0.2) is 133 Å². The summed E-state index contributed by atoms with van der Waals surface area (Å²) in [5, 5.41) is 9.60. The van der Waals surface area contributed by atoms with Crippen molar-refractivity contribution in [3.63, 3.8) is 0 Å². The lowest BCUT2D eigenvalue weighted by Gasteiger charge is -2.16. The van der Waals surface area contributed by atoms with Crippen LogP contribution in [0.4, 0.5) is 0 Å². The van der Waals surface area contributed by atoms with Gasteiger partial charge in [-0.05, 0) is 41.0 Å². The van der Waals surface area contributed by atoms with Crippen LogP contribution >= 0.6 is 0 Å². The number of aliphatic carboxylic acids is 1. The van der Waals surface area contributed by atoms with Crippen molar-refractivity contribution >= 4 is 11.8 Å². The molecule has 0 radical (unpaired) electrons. The van der Waals surface area contributed by atoms with Crippen molar-refractivity contribution in [3.8, 4) is 22.6 Å². The van der Waals surface area contributed by atoms with Gasteiger partial charge in [-0.3, -0.25) is 4.79 Å². The molecule has 5 aromatic carbocycles.